The highest BCUT2D eigenvalue weighted by molar-refractivity contribution is 4.88. The van der Waals surface area contributed by atoms with Crippen LogP contribution in [0.25, 0.3) is 0 Å². The van der Waals surface area contributed by atoms with Crippen molar-refractivity contribution in [1.82, 2.24) is 5.32 Å². The van der Waals surface area contributed by atoms with Gasteiger partial charge in [-0.05, 0) is 19.8 Å². The van der Waals surface area contributed by atoms with Crippen LogP contribution in [0.15, 0.2) is 0 Å². The number of ether oxygens (including phenoxy) is 1. The Balaban J connectivity index is 2.01. The summed E-state index contributed by atoms with van der Waals surface area (Å²) in [6.07, 6.45) is 2.63. The van der Waals surface area contributed by atoms with Gasteiger partial charge in [0.15, 0.2) is 0 Å². The van der Waals surface area contributed by atoms with E-state index in [-0.39, 0.29) is 5.92 Å². The lowest BCUT2D eigenvalue weighted by Gasteiger charge is -2.35. The smallest absolute Gasteiger partial charge is 0.0666 e. The van der Waals surface area contributed by atoms with Crippen molar-refractivity contribution in [3.63, 3.8) is 0 Å². The van der Waals surface area contributed by atoms with Crippen LogP contribution in [0.1, 0.15) is 19.8 Å². The average molecular weight is 168 g/mol. The van der Waals surface area contributed by atoms with Gasteiger partial charge >= 0.3 is 0 Å². The highest BCUT2D eigenvalue weighted by Gasteiger charge is 2.28. The zero-order valence-corrected chi connectivity index (χ0v) is 7.71. The van der Waals surface area contributed by atoms with E-state index in [1.165, 1.54) is 0 Å². The van der Waals surface area contributed by atoms with Crippen LogP contribution in [0.3, 0.4) is 0 Å². The van der Waals surface area contributed by atoms with Crippen molar-refractivity contribution in [1.29, 1.82) is 5.26 Å². The van der Waals surface area contributed by atoms with E-state index in [4.69, 9.17) is 10.00 Å². The molecule has 0 aromatic carbocycles. The minimum atomic E-state index is 0.117. The van der Waals surface area contributed by atoms with Gasteiger partial charge in [0.2, 0.25) is 0 Å². The first-order chi connectivity index (χ1) is 5.76. The molecular formula is C9H16N2O. The molecule has 0 aromatic rings. The van der Waals surface area contributed by atoms with Gasteiger partial charge in [0.1, 0.15) is 0 Å². The van der Waals surface area contributed by atoms with E-state index in [1.54, 1.807) is 7.11 Å². The molecule has 1 unspecified atom stereocenters. The molecule has 1 saturated carbocycles. The maximum atomic E-state index is 8.52. The molecule has 0 heterocycles. The lowest BCUT2D eigenvalue weighted by atomic mass is 9.89. The Bertz CT molecular complexity index is 170. The lowest BCUT2D eigenvalue weighted by Crippen LogP contribution is -2.46. The van der Waals surface area contributed by atoms with Crippen molar-refractivity contribution in [3.05, 3.63) is 0 Å². The highest BCUT2D eigenvalue weighted by Crippen LogP contribution is 2.22. The van der Waals surface area contributed by atoms with E-state index >= 15 is 0 Å². The summed E-state index contributed by atoms with van der Waals surface area (Å²) in [5.74, 6) is 0.117. The van der Waals surface area contributed by atoms with Gasteiger partial charge in [-0.2, -0.15) is 5.26 Å². The minimum absolute atomic E-state index is 0.117. The summed E-state index contributed by atoms with van der Waals surface area (Å²) >= 11 is 0. The normalized spacial score (nSPS) is 30.4. The molecule has 1 atom stereocenters. The van der Waals surface area contributed by atoms with E-state index in [0.29, 0.717) is 12.1 Å². The first kappa shape index (κ1) is 9.50. The van der Waals surface area contributed by atoms with Crippen molar-refractivity contribution in [2.45, 2.75) is 31.9 Å². The van der Waals surface area contributed by atoms with Crippen molar-refractivity contribution in [2.24, 2.45) is 5.92 Å². The van der Waals surface area contributed by atoms with Gasteiger partial charge in [-0.1, -0.05) is 0 Å². The van der Waals surface area contributed by atoms with Gasteiger partial charge in [-0.25, -0.2) is 0 Å². The molecule has 0 radical (unpaired) electrons. The number of hydrogen-bond donors (Lipinski definition) is 1. The van der Waals surface area contributed by atoms with Crippen LogP contribution in [-0.2, 0) is 4.74 Å². The first-order valence-corrected chi connectivity index (χ1v) is 4.42. The molecule has 12 heavy (non-hydrogen) atoms. The molecule has 3 heteroatoms. The van der Waals surface area contributed by atoms with Crippen LogP contribution in [-0.4, -0.2) is 25.8 Å². The number of hydrogen-bond acceptors (Lipinski definition) is 3. The molecule has 1 fully saturated rings. The minimum Gasteiger partial charge on any atom is -0.381 e. The van der Waals surface area contributed by atoms with Crippen molar-refractivity contribution in [3.8, 4) is 6.07 Å². The monoisotopic (exact) mass is 168 g/mol. The number of nitrogens with one attached hydrogen (secondary N) is 1. The molecule has 0 spiro atoms. The van der Waals surface area contributed by atoms with Crippen molar-refractivity contribution < 1.29 is 4.74 Å². The van der Waals surface area contributed by atoms with Crippen LogP contribution in [0.4, 0.5) is 0 Å². The number of nitriles is 1. The molecule has 0 bridgehead atoms. The van der Waals surface area contributed by atoms with Crippen LogP contribution in [0, 0.1) is 17.2 Å². The Kier molecular flexibility index (Phi) is 3.51. The molecule has 1 N–H and O–H groups in total. The number of methoxy groups -OCH3 is 1. The van der Waals surface area contributed by atoms with Gasteiger partial charge in [0, 0.05) is 19.7 Å². The van der Waals surface area contributed by atoms with Crippen LogP contribution >= 0.6 is 0 Å². The fraction of sp³-hybridized carbons (Fsp3) is 0.889. The van der Waals surface area contributed by atoms with E-state index in [1.807, 2.05) is 6.92 Å². The summed E-state index contributed by atoms with van der Waals surface area (Å²) in [5.41, 5.74) is 0. The lowest BCUT2D eigenvalue weighted by molar-refractivity contribution is 0.0171. The summed E-state index contributed by atoms with van der Waals surface area (Å²) in [4.78, 5) is 0. The molecule has 1 aliphatic rings. The topological polar surface area (TPSA) is 45.0 Å². The maximum absolute atomic E-state index is 8.52. The van der Waals surface area contributed by atoms with Crippen LogP contribution in [0.5, 0.6) is 0 Å². The van der Waals surface area contributed by atoms with E-state index in [0.717, 1.165) is 19.4 Å². The first-order valence-electron chi connectivity index (χ1n) is 4.42. The summed E-state index contributed by atoms with van der Waals surface area (Å²) in [7, 11) is 1.75. The summed E-state index contributed by atoms with van der Waals surface area (Å²) in [6.45, 7) is 2.73. The summed E-state index contributed by atoms with van der Waals surface area (Å²) in [6, 6.07) is 2.77. The van der Waals surface area contributed by atoms with Crippen LogP contribution < -0.4 is 5.32 Å². The third-order valence-corrected chi connectivity index (χ3v) is 2.36. The largest absolute Gasteiger partial charge is 0.381 e. The Morgan fingerprint density at radius 1 is 1.67 bits per heavy atom. The van der Waals surface area contributed by atoms with Gasteiger partial charge in [-0.15, -0.1) is 0 Å². The number of nitrogens with zero attached hydrogens (tertiary/aromatic N) is 1. The van der Waals surface area contributed by atoms with Gasteiger partial charge < -0.3 is 10.1 Å². The highest BCUT2D eigenvalue weighted by atomic mass is 16.5. The van der Waals surface area contributed by atoms with Crippen molar-refractivity contribution in [2.75, 3.05) is 13.7 Å². The third kappa shape index (κ3) is 2.47. The van der Waals surface area contributed by atoms with Gasteiger partial charge in [-0.3, -0.25) is 0 Å². The maximum Gasteiger partial charge on any atom is 0.0666 e. The van der Waals surface area contributed by atoms with Crippen LogP contribution in [0.2, 0.25) is 0 Å². The van der Waals surface area contributed by atoms with Gasteiger partial charge in [0.25, 0.3) is 0 Å². The standard InChI is InChI=1S/C9H16N2O/c1-7(5-10)6-11-8-3-9(4-8)12-2/h7-9,11H,3-4,6H2,1-2H3. The predicted octanol–water partition coefficient (Wildman–Crippen LogP) is 0.913. The molecular weight excluding hydrogens is 152 g/mol. The molecule has 3 nitrogen and oxygen atoms in total. The second-order valence-corrected chi connectivity index (χ2v) is 3.46. The summed E-state index contributed by atoms with van der Waals surface area (Å²) < 4.78 is 5.14. The third-order valence-electron chi connectivity index (χ3n) is 2.36. The second-order valence-electron chi connectivity index (χ2n) is 3.46. The molecule has 68 valence electrons. The fourth-order valence-corrected chi connectivity index (χ4v) is 1.31. The zero-order chi connectivity index (χ0) is 8.97. The van der Waals surface area contributed by atoms with Gasteiger partial charge in [0.05, 0.1) is 18.1 Å². The molecule has 1 aliphatic carbocycles. The number of rotatable bonds is 4. The quantitative estimate of drug-likeness (QED) is 0.678. The van der Waals surface area contributed by atoms with E-state index < -0.39 is 0 Å². The SMILES string of the molecule is COC1CC(NCC(C)C#N)C1. The van der Waals surface area contributed by atoms with Crippen molar-refractivity contribution >= 4 is 0 Å². The Morgan fingerprint density at radius 3 is 2.83 bits per heavy atom. The predicted molar refractivity (Wildman–Crippen MR) is 46.6 cm³/mol. The Labute approximate surface area is 73.7 Å². The van der Waals surface area contributed by atoms with E-state index in [9.17, 15) is 0 Å². The molecule has 0 saturated heterocycles. The average Bonchev–Trinajstić information content (AvgIpc) is 2.01. The molecule has 1 rings (SSSR count). The Morgan fingerprint density at radius 2 is 2.33 bits per heavy atom. The Hall–Kier alpha value is -0.590. The molecule has 0 amide bonds. The van der Waals surface area contributed by atoms with E-state index in [2.05, 4.69) is 11.4 Å². The second kappa shape index (κ2) is 4.44. The molecule has 0 aliphatic heterocycles. The fourth-order valence-electron chi connectivity index (χ4n) is 1.31. The summed E-state index contributed by atoms with van der Waals surface area (Å²) in [5, 5.41) is 11.9. The molecule has 0 aromatic heterocycles. The zero-order valence-electron chi connectivity index (χ0n) is 7.71.